The highest BCUT2D eigenvalue weighted by Crippen LogP contribution is 2.36. The molecule has 2 N–H and O–H groups in total. The second kappa shape index (κ2) is 4.96. The molecular weight excluding hydrogens is 212 g/mol. The minimum absolute atomic E-state index is 0.247. The smallest absolute Gasteiger partial charge is 0.145 e. The lowest BCUT2D eigenvalue weighted by atomic mass is 10.0. The molecule has 1 aromatic carbocycles. The average molecular weight is 234 g/mol. The summed E-state index contributed by atoms with van der Waals surface area (Å²) in [7, 11) is 1.98. The molecule has 0 radical (unpaired) electrons. The van der Waals surface area contributed by atoms with Crippen LogP contribution >= 0.6 is 0 Å². The Balaban J connectivity index is 2.21. The largest absolute Gasteiger partial charge is 0.486 e. The third-order valence-electron chi connectivity index (χ3n) is 3.31. The summed E-state index contributed by atoms with van der Waals surface area (Å²) in [6, 6.07) is 4.69. The van der Waals surface area contributed by atoms with Gasteiger partial charge in [0.05, 0.1) is 11.7 Å². The van der Waals surface area contributed by atoms with E-state index in [0.29, 0.717) is 6.04 Å². The number of nitrogens with one attached hydrogen (secondary N) is 2. The minimum Gasteiger partial charge on any atom is -0.486 e. The number of anilines is 1. The SMILES string of the molecule is CNCCC1Oc2c(C)cc(C)cc2NC1C. The first-order valence-corrected chi connectivity index (χ1v) is 6.31. The summed E-state index contributed by atoms with van der Waals surface area (Å²) >= 11 is 0. The zero-order valence-corrected chi connectivity index (χ0v) is 11.1. The monoisotopic (exact) mass is 234 g/mol. The standard InChI is InChI=1S/C14H22N2O/c1-9-7-10(2)14-12(8-9)16-11(3)13(17-14)5-6-15-4/h7-8,11,13,15-16H,5-6H2,1-4H3. The zero-order valence-electron chi connectivity index (χ0n) is 11.1. The van der Waals surface area contributed by atoms with Crippen molar-refractivity contribution in [1.29, 1.82) is 0 Å². The van der Waals surface area contributed by atoms with E-state index < -0.39 is 0 Å². The maximum absolute atomic E-state index is 6.13. The Bertz CT molecular complexity index is 403. The van der Waals surface area contributed by atoms with Crippen LogP contribution in [0.25, 0.3) is 0 Å². The molecular formula is C14H22N2O. The van der Waals surface area contributed by atoms with Gasteiger partial charge in [-0.1, -0.05) is 6.07 Å². The van der Waals surface area contributed by atoms with Crippen molar-refractivity contribution in [3.63, 3.8) is 0 Å². The van der Waals surface area contributed by atoms with Crippen molar-refractivity contribution in [3.05, 3.63) is 23.3 Å². The number of benzene rings is 1. The molecule has 0 saturated heterocycles. The molecule has 17 heavy (non-hydrogen) atoms. The second-order valence-electron chi connectivity index (χ2n) is 4.94. The summed E-state index contributed by atoms with van der Waals surface area (Å²) in [5.41, 5.74) is 3.63. The Morgan fingerprint density at radius 3 is 2.82 bits per heavy atom. The number of ether oxygens (including phenoxy) is 1. The van der Waals surface area contributed by atoms with Crippen LogP contribution in [0.3, 0.4) is 0 Å². The Morgan fingerprint density at radius 2 is 2.12 bits per heavy atom. The predicted octanol–water partition coefficient (Wildman–Crippen LogP) is 2.47. The Kier molecular flexibility index (Phi) is 3.57. The van der Waals surface area contributed by atoms with Crippen molar-refractivity contribution in [2.24, 2.45) is 0 Å². The van der Waals surface area contributed by atoms with Gasteiger partial charge in [0.1, 0.15) is 11.9 Å². The Hall–Kier alpha value is -1.22. The number of hydrogen-bond acceptors (Lipinski definition) is 3. The number of rotatable bonds is 3. The van der Waals surface area contributed by atoms with E-state index in [1.165, 1.54) is 11.1 Å². The summed E-state index contributed by atoms with van der Waals surface area (Å²) < 4.78 is 6.13. The molecule has 0 bridgehead atoms. The molecule has 2 atom stereocenters. The van der Waals surface area contributed by atoms with Gasteiger partial charge in [-0.05, 0) is 58.0 Å². The minimum atomic E-state index is 0.247. The van der Waals surface area contributed by atoms with Gasteiger partial charge in [-0.25, -0.2) is 0 Å². The highest BCUT2D eigenvalue weighted by Gasteiger charge is 2.26. The zero-order chi connectivity index (χ0) is 12.4. The van der Waals surface area contributed by atoms with Gasteiger partial charge >= 0.3 is 0 Å². The van der Waals surface area contributed by atoms with E-state index in [-0.39, 0.29) is 6.10 Å². The third kappa shape index (κ3) is 2.55. The molecule has 1 aromatic rings. The third-order valence-corrected chi connectivity index (χ3v) is 3.31. The van der Waals surface area contributed by atoms with Crippen molar-refractivity contribution in [2.45, 2.75) is 39.3 Å². The molecule has 3 nitrogen and oxygen atoms in total. The fourth-order valence-corrected chi connectivity index (χ4v) is 2.41. The predicted molar refractivity (Wildman–Crippen MR) is 72.0 cm³/mol. The van der Waals surface area contributed by atoms with E-state index in [2.05, 4.69) is 43.5 Å². The van der Waals surface area contributed by atoms with E-state index in [4.69, 9.17) is 4.74 Å². The average Bonchev–Trinajstić information content (AvgIpc) is 2.26. The van der Waals surface area contributed by atoms with E-state index in [1.54, 1.807) is 0 Å². The van der Waals surface area contributed by atoms with Crippen LogP contribution in [0.5, 0.6) is 5.75 Å². The van der Waals surface area contributed by atoms with Gasteiger partial charge < -0.3 is 15.4 Å². The first-order chi connectivity index (χ1) is 8.11. The molecule has 0 aromatic heterocycles. The summed E-state index contributed by atoms with van der Waals surface area (Å²) in [5, 5.41) is 6.72. The highest BCUT2D eigenvalue weighted by atomic mass is 16.5. The lowest BCUT2D eigenvalue weighted by molar-refractivity contribution is 0.164. The Labute approximate surface area is 104 Å². The van der Waals surface area contributed by atoms with Gasteiger partial charge in [0.2, 0.25) is 0 Å². The molecule has 94 valence electrons. The van der Waals surface area contributed by atoms with Gasteiger partial charge in [0.15, 0.2) is 0 Å². The van der Waals surface area contributed by atoms with Crippen LogP contribution in [0, 0.1) is 13.8 Å². The normalized spacial score (nSPS) is 22.6. The van der Waals surface area contributed by atoms with Crippen molar-refractivity contribution >= 4 is 5.69 Å². The molecule has 2 rings (SSSR count). The maximum atomic E-state index is 6.13. The maximum Gasteiger partial charge on any atom is 0.145 e. The molecule has 1 heterocycles. The van der Waals surface area contributed by atoms with Crippen LogP contribution in [0.15, 0.2) is 12.1 Å². The molecule has 0 amide bonds. The molecule has 1 aliphatic heterocycles. The summed E-state index contributed by atoms with van der Waals surface area (Å²) in [6.45, 7) is 7.39. The molecule has 0 fully saturated rings. The molecule has 2 unspecified atom stereocenters. The van der Waals surface area contributed by atoms with Gasteiger partial charge in [0.25, 0.3) is 0 Å². The van der Waals surface area contributed by atoms with Gasteiger partial charge in [-0.2, -0.15) is 0 Å². The highest BCUT2D eigenvalue weighted by molar-refractivity contribution is 5.63. The fourth-order valence-electron chi connectivity index (χ4n) is 2.41. The molecule has 0 saturated carbocycles. The number of fused-ring (bicyclic) bond motifs is 1. The molecule has 0 aliphatic carbocycles. The summed E-state index contributed by atoms with van der Waals surface area (Å²) in [6.07, 6.45) is 1.27. The lowest BCUT2D eigenvalue weighted by Crippen LogP contribution is -2.41. The first-order valence-electron chi connectivity index (χ1n) is 6.31. The van der Waals surface area contributed by atoms with Crippen LogP contribution in [-0.4, -0.2) is 25.7 Å². The van der Waals surface area contributed by atoms with E-state index >= 15 is 0 Å². The van der Waals surface area contributed by atoms with Crippen LogP contribution in [0.4, 0.5) is 5.69 Å². The lowest BCUT2D eigenvalue weighted by Gasteiger charge is -2.34. The van der Waals surface area contributed by atoms with Crippen molar-refractivity contribution in [1.82, 2.24) is 5.32 Å². The molecule has 0 spiro atoms. The van der Waals surface area contributed by atoms with Crippen molar-refractivity contribution in [3.8, 4) is 5.75 Å². The van der Waals surface area contributed by atoms with E-state index in [1.807, 2.05) is 7.05 Å². The van der Waals surface area contributed by atoms with E-state index in [9.17, 15) is 0 Å². The van der Waals surface area contributed by atoms with Crippen molar-refractivity contribution < 1.29 is 4.74 Å². The van der Waals surface area contributed by atoms with Gasteiger partial charge in [0, 0.05) is 0 Å². The number of aryl methyl sites for hydroxylation is 2. The van der Waals surface area contributed by atoms with Crippen LogP contribution in [-0.2, 0) is 0 Å². The topological polar surface area (TPSA) is 33.3 Å². The number of hydrogen-bond donors (Lipinski definition) is 2. The van der Waals surface area contributed by atoms with Gasteiger partial charge in [-0.3, -0.25) is 0 Å². The Morgan fingerprint density at radius 1 is 1.35 bits per heavy atom. The molecule has 1 aliphatic rings. The van der Waals surface area contributed by atoms with Crippen LogP contribution < -0.4 is 15.4 Å². The van der Waals surface area contributed by atoms with Crippen molar-refractivity contribution in [2.75, 3.05) is 18.9 Å². The summed E-state index contributed by atoms with van der Waals surface area (Å²) in [5.74, 6) is 1.02. The second-order valence-corrected chi connectivity index (χ2v) is 4.94. The first kappa shape index (κ1) is 12.2. The quantitative estimate of drug-likeness (QED) is 0.843. The van der Waals surface area contributed by atoms with E-state index in [0.717, 1.165) is 24.4 Å². The van der Waals surface area contributed by atoms with Gasteiger partial charge in [-0.15, -0.1) is 0 Å². The fraction of sp³-hybridized carbons (Fsp3) is 0.571. The summed E-state index contributed by atoms with van der Waals surface area (Å²) in [4.78, 5) is 0. The van der Waals surface area contributed by atoms with Crippen LogP contribution in [0.1, 0.15) is 24.5 Å². The molecule has 3 heteroatoms. The van der Waals surface area contributed by atoms with Crippen LogP contribution in [0.2, 0.25) is 0 Å².